The Morgan fingerprint density at radius 1 is 0.900 bits per heavy atom. The smallest absolute Gasteiger partial charge is 0.201 e. The van der Waals surface area contributed by atoms with Gasteiger partial charge in [-0.1, -0.05) is 50.2 Å². The minimum absolute atomic E-state index is 0.0177. The minimum Gasteiger partial charge on any atom is -0.201 e. The van der Waals surface area contributed by atoms with Gasteiger partial charge >= 0.3 is 6.18 Å². The molecular weight excluding hydrogens is 383 g/mol. The minimum atomic E-state index is -4.92. The highest BCUT2D eigenvalue weighted by atomic mass is 19.4. The number of nitrogens with zero attached hydrogens (tertiary/aromatic N) is 1. The van der Waals surface area contributed by atoms with Crippen molar-refractivity contribution in [3.63, 3.8) is 0 Å². The van der Waals surface area contributed by atoms with E-state index >= 15 is 0 Å². The van der Waals surface area contributed by atoms with Crippen molar-refractivity contribution in [2.45, 2.75) is 47.0 Å². The van der Waals surface area contributed by atoms with E-state index in [1.807, 2.05) is 31.2 Å². The second kappa shape index (κ2) is 7.90. The van der Waals surface area contributed by atoms with Crippen LogP contribution in [0.15, 0.2) is 54.7 Å². The Hall–Kier alpha value is -2.62. The molecule has 0 atom stereocenters. The maximum Gasteiger partial charge on any atom is 0.394 e. The molecule has 0 saturated carbocycles. The maximum absolute atomic E-state index is 13.7. The molecule has 0 fully saturated rings. The molecule has 2 aromatic carbocycles. The zero-order valence-electron chi connectivity index (χ0n) is 25.3. The average molecular weight is 421 g/mol. The van der Waals surface area contributed by atoms with Gasteiger partial charge in [0.1, 0.15) is 7.05 Å². The number of hydrogen-bond donors (Lipinski definition) is 0. The molecule has 30 heavy (non-hydrogen) atoms. The molecule has 1 heterocycles. The van der Waals surface area contributed by atoms with Crippen LogP contribution in [0.2, 0.25) is 0 Å². The van der Waals surface area contributed by atoms with Crippen molar-refractivity contribution in [1.29, 1.82) is 0 Å². The summed E-state index contributed by atoms with van der Waals surface area (Å²) in [4.78, 5) is 0. The Bertz CT molecular complexity index is 1360. The lowest BCUT2D eigenvalue weighted by atomic mass is 9.84. The highest BCUT2D eigenvalue weighted by molar-refractivity contribution is 5.74. The molecule has 4 heteroatoms. The van der Waals surface area contributed by atoms with E-state index in [4.69, 9.17) is 11.0 Å². The first-order valence-electron chi connectivity index (χ1n) is 13.4. The lowest BCUT2D eigenvalue weighted by Gasteiger charge is -2.28. The summed E-state index contributed by atoms with van der Waals surface area (Å²) < 4.78 is 108. The molecule has 0 spiro atoms. The summed E-state index contributed by atoms with van der Waals surface area (Å²) in [6, 6.07) is 12.1. The van der Waals surface area contributed by atoms with E-state index in [1.165, 1.54) is 12.3 Å². The van der Waals surface area contributed by atoms with E-state index in [1.54, 1.807) is 17.7 Å². The molecule has 0 radical (unpaired) electrons. The topological polar surface area (TPSA) is 3.88 Å². The number of hydrogen-bond acceptors (Lipinski definition) is 0. The van der Waals surface area contributed by atoms with Crippen LogP contribution in [-0.4, -0.2) is 6.18 Å². The standard InChI is InChI=1S/C26H29F3N/c1-17-9-7-8-10-22(17)24-14-23(19(3)16-30(24)6)21-12-11-20(13-18(21)2)15-25(4,5)26(27,28)29/h7-14,16H,15H2,1-6H3/q+1/i2D3,3D3,15D2. The average Bonchev–Trinajstić information content (AvgIpc) is 2.77. The third-order valence-electron chi connectivity index (χ3n) is 5.17. The molecular formula is C26H29F3N+. The Balaban J connectivity index is 2.39. The second-order valence-electron chi connectivity index (χ2n) is 7.92. The van der Waals surface area contributed by atoms with E-state index in [2.05, 4.69) is 0 Å². The summed E-state index contributed by atoms with van der Waals surface area (Å²) in [6.07, 6.45) is -6.50. The molecule has 0 unspecified atom stereocenters. The monoisotopic (exact) mass is 420 g/mol. The molecule has 0 N–H and O–H groups in total. The summed E-state index contributed by atoms with van der Waals surface area (Å²) in [7, 11) is 1.67. The van der Waals surface area contributed by atoms with Gasteiger partial charge in [-0.25, -0.2) is 4.57 Å². The zero-order chi connectivity index (χ0) is 29.1. The molecule has 0 amide bonds. The van der Waals surface area contributed by atoms with E-state index in [0.717, 1.165) is 23.3 Å². The molecule has 0 bridgehead atoms. The third kappa shape index (κ3) is 4.28. The van der Waals surface area contributed by atoms with Gasteiger partial charge in [0, 0.05) is 28.2 Å². The van der Waals surface area contributed by atoms with Crippen LogP contribution >= 0.6 is 0 Å². The van der Waals surface area contributed by atoms with Gasteiger partial charge in [0.15, 0.2) is 6.20 Å². The summed E-state index contributed by atoms with van der Waals surface area (Å²) in [6.45, 7) is -2.21. The second-order valence-corrected chi connectivity index (χ2v) is 7.92. The van der Waals surface area contributed by atoms with Gasteiger partial charge in [0.05, 0.1) is 5.41 Å². The van der Waals surface area contributed by atoms with E-state index in [9.17, 15) is 13.2 Å². The van der Waals surface area contributed by atoms with Gasteiger partial charge < -0.3 is 0 Å². The number of aryl methyl sites for hydroxylation is 4. The molecule has 3 aromatic rings. The lowest BCUT2D eigenvalue weighted by Crippen LogP contribution is -2.34. The Kier molecular flexibility index (Phi) is 3.59. The van der Waals surface area contributed by atoms with Gasteiger partial charge in [0.25, 0.3) is 0 Å². The van der Waals surface area contributed by atoms with Crippen LogP contribution in [0.4, 0.5) is 13.2 Å². The molecule has 3 rings (SSSR count). The van der Waals surface area contributed by atoms with Crippen LogP contribution in [0, 0.1) is 26.0 Å². The maximum atomic E-state index is 13.7. The number of benzene rings is 2. The van der Waals surface area contributed by atoms with Crippen molar-refractivity contribution in [2.75, 3.05) is 0 Å². The number of alkyl halides is 3. The highest BCUT2D eigenvalue weighted by Crippen LogP contribution is 2.41. The fourth-order valence-corrected chi connectivity index (χ4v) is 3.29. The molecule has 1 aromatic heterocycles. The lowest BCUT2D eigenvalue weighted by molar-refractivity contribution is -0.660. The van der Waals surface area contributed by atoms with Crippen LogP contribution in [-0.2, 0) is 13.4 Å². The van der Waals surface area contributed by atoms with Gasteiger partial charge in [-0.15, -0.1) is 0 Å². The fraction of sp³-hybridized carbons (Fsp3) is 0.346. The van der Waals surface area contributed by atoms with Crippen molar-refractivity contribution in [1.82, 2.24) is 0 Å². The first-order chi connectivity index (χ1) is 17.1. The summed E-state index contributed by atoms with van der Waals surface area (Å²) in [5.74, 6) is 0. The van der Waals surface area contributed by atoms with Crippen LogP contribution in [0.3, 0.4) is 0 Å². The van der Waals surface area contributed by atoms with Gasteiger partial charge in [0.2, 0.25) is 5.69 Å². The molecule has 1 nitrogen and oxygen atoms in total. The van der Waals surface area contributed by atoms with Crippen LogP contribution in [0.1, 0.15) is 47.1 Å². The van der Waals surface area contributed by atoms with Crippen LogP contribution in [0.25, 0.3) is 22.4 Å². The normalized spacial score (nSPS) is 17.6. The number of aromatic nitrogens is 1. The highest BCUT2D eigenvalue weighted by Gasteiger charge is 2.46. The zero-order valence-corrected chi connectivity index (χ0v) is 17.3. The van der Waals surface area contributed by atoms with Crippen molar-refractivity contribution in [3.8, 4) is 22.4 Å². The summed E-state index contributed by atoms with van der Waals surface area (Å²) in [5.41, 5.74) is -1.55. The van der Waals surface area contributed by atoms with Gasteiger partial charge in [-0.05, 0) is 60.9 Å². The van der Waals surface area contributed by atoms with Crippen LogP contribution < -0.4 is 4.57 Å². The predicted molar refractivity (Wildman–Crippen MR) is 116 cm³/mol. The fourth-order valence-electron chi connectivity index (χ4n) is 3.29. The number of rotatable bonds is 4. The predicted octanol–water partition coefficient (Wildman–Crippen LogP) is 6.90. The first kappa shape index (κ1) is 13.6. The largest absolute Gasteiger partial charge is 0.394 e. The first-order valence-corrected chi connectivity index (χ1v) is 9.43. The Morgan fingerprint density at radius 3 is 2.23 bits per heavy atom. The van der Waals surface area contributed by atoms with Crippen molar-refractivity contribution < 1.29 is 28.7 Å². The summed E-state index contributed by atoms with van der Waals surface area (Å²) in [5, 5.41) is 0. The SMILES string of the molecule is [2H]C([2H])([2H])c1cc(C([2H])([2H])C(C)(C)C(F)(F)F)ccc1-c1cc(-c2ccccc2C)[n+](C)cc1C([2H])([2H])[2H]. The van der Waals surface area contributed by atoms with Crippen molar-refractivity contribution in [3.05, 3.63) is 77.0 Å². The Morgan fingerprint density at radius 2 is 1.60 bits per heavy atom. The number of halogens is 3. The van der Waals surface area contributed by atoms with Gasteiger partial charge in [-0.2, -0.15) is 13.2 Å². The third-order valence-corrected chi connectivity index (χ3v) is 5.17. The van der Waals surface area contributed by atoms with E-state index < -0.39 is 42.8 Å². The van der Waals surface area contributed by atoms with Crippen molar-refractivity contribution >= 4 is 0 Å². The van der Waals surface area contributed by atoms with Crippen LogP contribution in [0.5, 0.6) is 0 Å². The number of pyridine rings is 1. The molecule has 0 aliphatic carbocycles. The molecule has 158 valence electrons. The summed E-state index contributed by atoms with van der Waals surface area (Å²) >= 11 is 0. The molecule has 0 aliphatic heterocycles. The van der Waals surface area contributed by atoms with E-state index in [0.29, 0.717) is 19.5 Å². The Labute approximate surface area is 188 Å². The molecule has 0 aliphatic rings. The van der Waals surface area contributed by atoms with Crippen molar-refractivity contribution in [2.24, 2.45) is 12.5 Å². The van der Waals surface area contributed by atoms with Gasteiger partial charge in [-0.3, -0.25) is 0 Å². The van der Waals surface area contributed by atoms with E-state index in [-0.39, 0.29) is 16.7 Å². The quantitative estimate of drug-likeness (QED) is 0.404. The molecule has 0 saturated heterocycles.